The van der Waals surface area contributed by atoms with Gasteiger partial charge in [-0.25, -0.2) is 4.79 Å². The molecule has 2 rings (SSSR count). The summed E-state index contributed by atoms with van der Waals surface area (Å²) in [6.45, 7) is 2.03. The summed E-state index contributed by atoms with van der Waals surface area (Å²) in [6.07, 6.45) is 2.26. The van der Waals surface area contributed by atoms with Gasteiger partial charge in [0.2, 0.25) is 0 Å². The highest BCUT2D eigenvalue weighted by atomic mass is 32.1. The van der Waals surface area contributed by atoms with Crippen LogP contribution in [0.15, 0.2) is 11.4 Å². The average molecular weight is 225 g/mol. The van der Waals surface area contributed by atoms with Crippen LogP contribution in [0.4, 0.5) is 0 Å². The van der Waals surface area contributed by atoms with Crippen molar-refractivity contribution in [1.29, 1.82) is 0 Å². The molecule has 1 heterocycles. The minimum absolute atomic E-state index is 0.136. The lowest BCUT2D eigenvalue weighted by atomic mass is 9.96. The van der Waals surface area contributed by atoms with E-state index in [1.807, 2.05) is 18.4 Å². The maximum Gasteiger partial charge on any atom is 0.338 e. The van der Waals surface area contributed by atoms with Gasteiger partial charge in [-0.3, -0.25) is 0 Å². The van der Waals surface area contributed by atoms with E-state index in [4.69, 9.17) is 5.73 Å². The first kappa shape index (κ1) is 10.6. The lowest BCUT2D eigenvalue weighted by Gasteiger charge is -2.17. The predicted octanol–water partition coefficient (Wildman–Crippen LogP) is 1.91. The van der Waals surface area contributed by atoms with Crippen LogP contribution in [-0.4, -0.2) is 19.1 Å². The van der Waals surface area contributed by atoms with Crippen molar-refractivity contribution in [3.63, 3.8) is 0 Å². The number of esters is 1. The molecule has 1 aliphatic rings. The van der Waals surface area contributed by atoms with Crippen molar-refractivity contribution in [3.05, 3.63) is 21.9 Å². The second-order valence-corrected chi connectivity index (χ2v) is 5.05. The molecule has 0 amide bonds. The molecule has 0 aromatic carbocycles. The molecule has 1 aromatic rings. The third kappa shape index (κ3) is 1.68. The van der Waals surface area contributed by atoms with E-state index >= 15 is 0 Å². The fraction of sp³-hybridized carbons (Fsp3) is 0.545. The summed E-state index contributed by atoms with van der Waals surface area (Å²) in [6, 6.07) is 2.08. The van der Waals surface area contributed by atoms with E-state index in [1.165, 1.54) is 12.0 Å². The topological polar surface area (TPSA) is 52.3 Å². The van der Waals surface area contributed by atoms with E-state index in [1.54, 1.807) is 11.3 Å². The smallest absolute Gasteiger partial charge is 0.338 e. The van der Waals surface area contributed by atoms with Gasteiger partial charge in [-0.05, 0) is 25.8 Å². The average Bonchev–Trinajstić information content (AvgIpc) is 2.90. The molecule has 1 atom stereocenters. The molecule has 0 aliphatic heterocycles. The molecule has 1 fully saturated rings. The van der Waals surface area contributed by atoms with Crippen LogP contribution in [0, 0.1) is 0 Å². The largest absolute Gasteiger partial charge is 0.465 e. The van der Waals surface area contributed by atoms with Crippen LogP contribution in [0.3, 0.4) is 0 Å². The fourth-order valence-corrected chi connectivity index (χ4v) is 3.12. The fourth-order valence-electron chi connectivity index (χ4n) is 1.88. The molecule has 15 heavy (non-hydrogen) atoms. The van der Waals surface area contributed by atoms with Crippen molar-refractivity contribution in [2.45, 2.75) is 31.2 Å². The van der Waals surface area contributed by atoms with Gasteiger partial charge >= 0.3 is 5.97 Å². The summed E-state index contributed by atoms with van der Waals surface area (Å²) >= 11 is 1.61. The van der Waals surface area contributed by atoms with Crippen molar-refractivity contribution >= 4 is 17.3 Å². The van der Waals surface area contributed by atoms with Crippen LogP contribution < -0.4 is 5.73 Å². The Bertz CT molecular complexity index is 380. The van der Waals surface area contributed by atoms with E-state index in [0.717, 1.165) is 12.8 Å². The Morgan fingerprint density at radius 2 is 2.33 bits per heavy atom. The molecule has 0 radical (unpaired) electrons. The molecule has 0 spiro atoms. The van der Waals surface area contributed by atoms with Crippen LogP contribution in [0.2, 0.25) is 0 Å². The van der Waals surface area contributed by atoms with Gasteiger partial charge in [-0.1, -0.05) is 0 Å². The van der Waals surface area contributed by atoms with E-state index in [-0.39, 0.29) is 17.4 Å². The number of carbonyl (C=O) groups is 1. The Hall–Kier alpha value is -0.870. The monoisotopic (exact) mass is 225 g/mol. The molecule has 1 aliphatic carbocycles. The number of carbonyl (C=O) groups excluding carboxylic acids is 1. The Labute approximate surface area is 93.2 Å². The number of hydrogen-bond donors (Lipinski definition) is 1. The first-order valence-electron chi connectivity index (χ1n) is 5.03. The zero-order valence-electron chi connectivity index (χ0n) is 8.95. The first-order chi connectivity index (χ1) is 7.10. The highest BCUT2D eigenvalue weighted by Gasteiger charge is 2.48. The third-order valence-electron chi connectivity index (χ3n) is 3.17. The van der Waals surface area contributed by atoms with Crippen molar-refractivity contribution in [2.24, 2.45) is 5.73 Å². The van der Waals surface area contributed by atoms with Crippen LogP contribution in [0.25, 0.3) is 0 Å². The minimum atomic E-state index is -0.266. The standard InChI is InChI=1S/C11H15NO2S/c1-7(12)11(3-4-11)9-5-8(6-15-9)10(13)14-2/h5-7H,3-4,12H2,1-2H3. The van der Waals surface area contributed by atoms with Gasteiger partial charge in [-0.15, -0.1) is 11.3 Å². The number of methoxy groups -OCH3 is 1. The van der Waals surface area contributed by atoms with Gasteiger partial charge in [0.25, 0.3) is 0 Å². The lowest BCUT2D eigenvalue weighted by molar-refractivity contribution is 0.0601. The van der Waals surface area contributed by atoms with Crippen molar-refractivity contribution in [1.82, 2.24) is 0 Å². The SMILES string of the molecule is COC(=O)c1csc(C2(C(C)N)CC2)c1. The normalized spacial score (nSPS) is 19.7. The molecule has 1 aromatic heterocycles. The predicted molar refractivity (Wildman–Crippen MR) is 60.2 cm³/mol. The highest BCUT2D eigenvalue weighted by Crippen LogP contribution is 2.52. The van der Waals surface area contributed by atoms with Crippen molar-refractivity contribution in [2.75, 3.05) is 7.11 Å². The Morgan fingerprint density at radius 1 is 1.67 bits per heavy atom. The summed E-state index contributed by atoms with van der Waals surface area (Å²) in [5.41, 5.74) is 6.75. The van der Waals surface area contributed by atoms with Crippen molar-refractivity contribution < 1.29 is 9.53 Å². The molecule has 2 N–H and O–H groups in total. The van der Waals surface area contributed by atoms with Gasteiger partial charge in [0, 0.05) is 21.7 Å². The third-order valence-corrected chi connectivity index (χ3v) is 4.32. The van der Waals surface area contributed by atoms with E-state index < -0.39 is 0 Å². The zero-order valence-corrected chi connectivity index (χ0v) is 9.76. The summed E-state index contributed by atoms with van der Waals surface area (Å²) in [7, 11) is 1.40. The van der Waals surface area contributed by atoms with E-state index in [9.17, 15) is 4.79 Å². The molecule has 82 valence electrons. The minimum Gasteiger partial charge on any atom is -0.465 e. The van der Waals surface area contributed by atoms with Gasteiger partial charge in [0.05, 0.1) is 12.7 Å². The number of nitrogens with two attached hydrogens (primary N) is 1. The number of rotatable bonds is 3. The lowest BCUT2D eigenvalue weighted by Crippen LogP contribution is -2.30. The molecule has 1 saturated carbocycles. The van der Waals surface area contributed by atoms with Crippen LogP contribution in [0.5, 0.6) is 0 Å². The number of hydrogen-bond acceptors (Lipinski definition) is 4. The number of ether oxygens (including phenoxy) is 1. The maximum absolute atomic E-state index is 11.3. The summed E-state index contributed by atoms with van der Waals surface area (Å²) < 4.78 is 4.68. The summed E-state index contributed by atoms with van der Waals surface area (Å²) in [5, 5.41) is 1.85. The van der Waals surface area contributed by atoms with Crippen LogP contribution in [0.1, 0.15) is 35.0 Å². The second-order valence-electron chi connectivity index (χ2n) is 4.14. The highest BCUT2D eigenvalue weighted by molar-refractivity contribution is 7.10. The van der Waals surface area contributed by atoms with Crippen LogP contribution in [-0.2, 0) is 10.2 Å². The van der Waals surface area contributed by atoms with Gasteiger partial charge in [0.1, 0.15) is 0 Å². The number of thiophene rings is 1. The van der Waals surface area contributed by atoms with Crippen LogP contribution >= 0.6 is 11.3 Å². The Kier molecular flexibility index (Phi) is 2.56. The summed E-state index contributed by atoms with van der Waals surface area (Å²) in [4.78, 5) is 12.5. The quantitative estimate of drug-likeness (QED) is 0.799. The molecular formula is C11H15NO2S. The van der Waals surface area contributed by atoms with Gasteiger partial charge in [-0.2, -0.15) is 0 Å². The zero-order chi connectivity index (χ0) is 11.1. The first-order valence-corrected chi connectivity index (χ1v) is 5.91. The molecular weight excluding hydrogens is 210 g/mol. The Morgan fingerprint density at radius 3 is 2.80 bits per heavy atom. The Balaban J connectivity index is 2.24. The van der Waals surface area contributed by atoms with E-state index in [2.05, 4.69) is 4.74 Å². The van der Waals surface area contributed by atoms with Gasteiger partial charge in [0.15, 0.2) is 0 Å². The second kappa shape index (κ2) is 3.61. The molecule has 3 nitrogen and oxygen atoms in total. The van der Waals surface area contributed by atoms with E-state index in [0.29, 0.717) is 5.56 Å². The molecule has 4 heteroatoms. The summed E-state index contributed by atoms with van der Waals surface area (Å²) in [5.74, 6) is -0.266. The van der Waals surface area contributed by atoms with Crippen molar-refractivity contribution in [3.8, 4) is 0 Å². The van der Waals surface area contributed by atoms with Gasteiger partial charge < -0.3 is 10.5 Å². The molecule has 0 bridgehead atoms. The molecule has 0 saturated heterocycles. The maximum atomic E-state index is 11.3. The molecule has 1 unspecified atom stereocenters.